The lowest BCUT2D eigenvalue weighted by Gasteiger charge is -2.38. The van der Waals surface area contributed by atoms with Gasteiger partial charge in [0, 0.05) is 62.8 Å². The Morgan fingerprint density at radius 1 is 1.11 bits per heavy atom. The highest BCUT2D eigenvalue weighted by molar-refractivity contribution is 5.96. The molecule has 3 aliphatic rings. The van der Waals surface area contributed by atoms with E-state index in [1.807, 2.05) is 24.0 Å². The number of benzene rings is 1. The number of rotatable bonds is 8. The van der Waals surface area contributed by atoms with E-state index in [2.05, 4.69) is 39.9 Å². The number of carbonyl (C=O) groups excluding carboxylic acids is 1. The van der Waals surface area contributed by atoms with E-state index in [0.717, 1.165) is 75.2 Å². The standard InChI is InChI=1S/C30H42N4O4/c1-21-25(30(35)34-16-12-23(13-17-34)33-26-14-18-37-20-28(26)36-2)11-15-31-29(21)32-19-24-9-6-10-27(38-24)22-7-4-3-5-8-22/h3-5,7-8,11,15,23-24,26-28,33H,6,9-10,12-14,16-20H2,1-2H3,(H,31,32). The predicted octanol–water partition coefficient (Wildman–Crippen LogP) is 4.11. The maximum Gasteiger partial charge on any atom is 0.254 e. The molecule has 206 valence electrons. The van der Waals surface area contributed by atoms with Crippen LogP contribution >= 0.6 is 0 Å². The Kier molecular flexibility index (Phi) is 9.27. The summed E-state index contributed by atoms with van der Waals surface area (Å²) in [6.45, 7) is 5.58. The van der Waals surface area contributed by atoms with Gasteiger partial charge in [0.1, 0.15) is 5.82 Å². The smallest absolute Gasteiger partial charge is 0.254 e. The van der Waals surface area contributed by atoms with Gasteiger partial charge in [-0.25, -0.2) is 4.98 Å². The molecule has 1 aromatic carbocycles. The third-order valence-corrected chi connectivity index (χ3v) is 8.29. The first-order valence-electron chi connectivity index (χ1n) is 14.2. The average molecular weight is 523 g/mol. The number of anilines is 1. The Bertz CT molecular complexity index is 1040. The van der Waals surface area contributed by atoms with Crippen molar-refractivity contribution < 1.29 is 19.0 Å². The monoisotopic (exact) mass is 522 g/mol. The highest BCUT2D eigenvalue weighted by Crippen LogP contribution is 2.31. The van der Waals surface area contributed by atoms with Crippen LogP contribution in [0.5, 0.6) is 0 Å². The summed E-state index contributed by atoms with van der Waals surface area (Å²) in [7, 11) is 1.75. The molecule has 0 spiro atoms. The molecule has 3 aliphatic heterocycles. The van der Waals surface area contributed by atoms with Gasteiger partial charge < -0.3 is 29.7 Å². The van der Waals surface area contributed by atoms with E-state index in [1.54, 1.807) is 13.3 Å². The Morgan fingerprint density at radius 3 is 2.71 bits per heavy atom. The summed E-state index contributed by atoms with van der Waals surface area (Å²) >= 11 is 0. The maximum atomic E-state index is 13.5. The van der Waals surface area contributed by atoms with Crippen LogP contribution in [-0.4, -0.2) is 80.0 Å². The third kappa shape index (κ3) is 6.54. The lowest BCUT2D eigenvalue weighted by molar-refractivity contribution is -0.0533. The van der Waals surface area contributed by atoms with Crippen molar-refractivity contribution in [2.45, 2.75) is 75.8 Å². The number of carbonyl (C=O) groups is 1. The van der Waals surface area contributed by atoms with Crippen LogP contribution in [0.1, 0.15) is 66.1 Å². The van der Waals surface area contributed by atoms with Crippen molar-refractivity contribution in [2.24, 2.45) is 0 Å². The topological polar surface area (TPSA) is 85.0 Å². The van der Waals surface area contributed by atoms with E-state index >= 15 is 0 Å². The van der Waals surface area contributed by atoms with E-state index < -0.39 is 0 Å². The molecule has 4 atom stereocenters. The van der Waals surface area contributed by atoms with Crippen LogP contribution in [0.4, 0.5) is 5.82 Å². The molecule has 1 amide bonds. The number of piperidine rings is 1. The average Bonchev–Trinajstić information content (AvgIpc) is 2.97. The lowest BCUT2D eigenvalue weighted by Crippen LogP contribution is -2.54. The van der Waals surface area contributed by atoms with E-state index in [0.29, 0.717) is 25.2 Å². The molecule has 4 heterocycles. The van der Waals surface area contributed by atoms with Crippen molar-refractivity contribution in [1.29, 1.82) is 0 Å². The molecule has 4 unspecified atom stereocenters. The molecule has 8 heteroatoms. The van der Waals surface area contributed by atoms with E-state index in [-0.39, 0.29) is 24.2 Å². The summed E-state index contributed by atoms with van der Waals surface area (Å²) < 4.78 is 17.5. The number of hydrogen-bond acceptors (Lipinski definition) is 7. The zero-order chi connectivity index (χ0) is 26.3. The zero-order valence-electron chi connectivity index (χ0n) is 22.7. The van der Waals surface area contributed by atoms with Crippen LogP contribution < -0.4 is 10.6 Å². The number of methoxy groups -OCH3 is 1. The molecule has 5 rings (SSSR count). The Balaban J connectivity index is 1.13. The van der Waals surface area contributed by atoms with Crippen LogP contribution in [0.3, 0.4) is 0 Å². The predicted molar refractivity (Wildman–Crippen MR) is 147 cm³/mol. The fraction of sp³-hybridized carbons (Fsp3) is 0.600. The largest absolute Gasteiger partial charge is 0.379 e. The Morgan fingerprint density at radius 2 is 1.92 bits per heavy atom. The maximum absolute atomic E-state index is 13.5. The van der Waals surface area contributed by atoms with Crippen LogP contribution in [0.25, 0.3) is 0 Å². The van der Waals surface area contributed by atoms with Gasteiger partial charge in [-0.15, -0.1) is 0 Å². The Labute approximate surface area is 226 Å². The number of aromatic nitrogens is 1. The fourth-order valence-electron chi connectivity index (χ4n) is 5.98. The van der Waals surface area contributed by atoms with Gasteiger partial charge in [0.25, 0.3) is 5.91 Å². The summed E-state index contributed by atoms with van der Waals surface area (Å²) in [4.78, 5) is 20.0. The van der Waals surface area contributed by atoms with Gasteiger partial charge in [-0.2, -0.15) is 0 Å². The first-order valence-corrected chi connectivity index (χ1v) is 14.2. The summed E-state index contributed by atoms with van der Waals surface area (Å²) in [5.74, 6) is 0.855. The molecular weight excluding hydrogens is 480 g/mol. The number of amides is 1. The van der Waals surface area contributed by atoms with Gasteiger partial charge in [0.05, 0.1) is 24.9 Å². The molecule has 3 fully saturated rings. The molecule has 0 saturated carbocycles. The number of nitrogens with zero attached hydrogens (tertiary/aromatic N) is 2. The van der Waals surface area contributed by atoms with Crippen LogP contribution in [0, 0.1) is 6.92 Å². The van der Waals surface area contributed by atoms with Crippen molar-refractivity contribution in [3.05, 3.63) is 59.3 Å². The third-order valence-electron chi connectivity index (χ3n) is 8.29. The molecular formula is C30H42N4O4. The van der Waals surface area contributed by atoms with Crippen molar-refractivity contribution >= 4 is 11.7 Å². The minimum atomic E-state index is 0.0882. The van der Waals surface area contributed by atoms with Crippen molar-refractivity contribution in [1.82, 2.24) is 15.2 Å². The first-order chi connectivity index (χ1) is 18.6. The minimum Gasteiger partial charge on any atom is -0.379 e. The van der Waals surface area contributed by atoms with Crippen LogP contribution in [-0.2, 0) is 14.2 Å². The highest BCUT2D eigenvalue weighted by atomic mass is 16.5. The summed E-state index contributed by atoms with van der Waals surface area (Å²) in [5.41, 5.74) is 2.87. The number of likely N-dealkylation sites (tertiary alicyclic amines) is 1. The first kappa shape index (κ1) is 27.1. The van der Waals surface area contributed by atoms with Gasteiger partial charge in [-0.05, 0) is 57.1 Å². The van der Waals surface area contributed by atoms with Crippen LogP contribution in [0.15, 0.2) is 42.6 Å². The van der Waals surface area contributed by atoms with Crippen molar-refractivity contribution in [3.63, 3.8) is 0 Å². The summed E-state index contributed by atoms with van der Waals surface area (Å²) in [5, 5.41) is 7.24. The minimum absolute atomic E-state index is 0.0882. The molecule has 38 heavy (non-hydrogen) atoms. The van der Waals surface area contributed by atoms with E-state index in [9.17, 15) is 4.79 Å². The van der Waals surface area contributed by atoms with Gasteiger partial charge in [0.2, 0.25) is 0 Å². The number of hydrogen-bond donors (Lipinski definition) is 2. The summed E-state index contributed by atoms with van der Waals surface area (Å²) in [6, 6.07) is 13.0. The van der Waals surface area contributed by atoms with Gasteiger partial charge in [-0.1, -0.05) is 30.3 Å². The zero-order valence-corrected chi connectivity index (χ0v) is 22.7. The number of nitrogens with one attached hydrogen (secondary N) is 2. The molecule has 2 N–H and O–H groups in total. The second kappa shape index (κ2) is 13.0. The SMILES string of the molecule is COC1COCCC1NC1CCN(C(=O)c2ccnc(NCC3CCCC(c4ccccc4)O3)c2C)CC1. The second-order valence-electron chi connectivity index (χ2n) is 10.8. The van der Waals surface area contributed by atoms with Gasteiger partial charge >= 0.3 is 0 Å². The molecule has 2 aromatic rings. The van der Waals surface area contributed by atoms with Crippen LogP contribution in [0.2, 0.25) is 0 Å². The van der Waals surface area contributed by atoms with Crippen molar-refractivity contribution in [2.75, 3.05) is 45.3 Å². The second-order valence-corrected chi connectivity index (χ2v) is 10.8. The molecule has 0 bridgehead atoms. The molecule has 0 aliphatic carbocycles. The number of ether oxygens (including phenoxy) is 3. The molecule has 8 nitrogen and oxygen atoms in total. The quantitative estimate of drug-likeness (QED) is 0.540. The normalized spacial score (nSPS) is 26.7. The Hall–Kier alpha value is -2.52. The van der Waals surface area contributed by atoms with Gasteiger partial charge in [-0.3, -0.25) is 4.79 Å². The number of pyridine rings is 1. The molecule has 1 aromatic heterocycles. The lowest BCUT2D eigenvalue weighted by atomic mass is 9.98. The molecule has 3 saturated heterocycles. The van der Waals surface area contributed by atoms with E-state index in [1.165, 1.54) is 5.56 Å². The summed E-state index contributed by atoms with van der Waals surface area (Å²) in [6.07, 6.45) is 8.15. The molecule has 0 radical (unpaired) electrons. The van der Waals surface area contributed by atoms with Gasteiger partial charge in [0.15, 0.2) is 0 Å². The van der Waals surface area contributed by atoms with E-state index in [4.69, 9.17) is 14.2 Å². The van der Waals surface area contributed by atoms with Crippen molar-refractivity contribution in [3.8, 4) is 0 Å². The fourth-order valence-corrected chi connectivity index (χ4v) is 5.98. The highest BCUT2D eigenvalue weighted by Gasteiger charge is 2.31.